The van der Waals surface area contributed by atoms with Crippen molar-refractivity contribution >= 4 is 29.2 Å². The number of nitrogens with one attached hydrogen (secondary N) is 1. The first-order valence-corrected chi connectivity index (χ1v) is 7.98. The minimum Gasteiger partial charge on any atom is -0.496 e. The van der Waals surface area contributed by atoms with Crippen LogP contribution in [-0.2, 0) is 9.53 Å². The Hall–Kier alpha value is -1.95. The lowest BCUT2D eigenvalue weighted by atomic mass is 9.95. The molecule has 0 heterocycles. The van der Waals surface area contributed by atoms with Crippen LogP contribution in [0.2, 0.25) is 5.02 Å². The van der Waals surface area contributed by atoms with Gasteiger partial charge in [-0.05, 0) is 18.9 Å². The number of methoxy groups -OCH3 is 1. The van der Waals surface area contributed by atoms with Crippen LogP contribution in [0.1, 0.15) is 42.5 Å². The van der Waals surface area contributed by atoms with Crippen molar-refractivity contribution in [3.63, 3.8) is 0 Å². The quantitative estimate of drug-likeness (QED) is 0.635. The zero-order valence-electron chi connectivity index (χ0n) is 13.1. The molecule has 3 N–H and O–H groups in total. The van der Waals surface area contributed by atoms with Crippen LogP contribution in [0, 0.1) is 0 Å². The number of rotatable bonds is 5. The molecule has 0 aromatic heterocycles. The monoisotopic (exact) mass is 340 g/mol. The zero-order chi connectivity index (χ0) is 16.8. The summed E-state index contributed by atoms with van der Waals surface area (Å²) in [5.74, 6) is -0.724. The highest BCUT2D eigenvalue weighted by Gasteiger charge is 2.19. The number of nitrogens with two attached hydrogens (primary N) is 1. The van der Waals surface area contributed by atoms with Crippen molar-refractivity contribution in [2.45, 2.75) is 38.1 Å². The number of halogens is 1. The number of carbonyl (C=O) groups excluding carboxylic acids is 2. The Labute approximate surface area is 140 Å². The van der Waals surface area contributed by atoms with E-state index < -0.39 is 5.97 Å². The van der Waals surface area contributed by atoms with E-state index >= 15 is 0 Å². The van der Waals surface area contributed by atoms with Crippen LogP contribution >= 0.6 is 11.6 Å². The van der Waals surface area contributed by atoms with Crippen molar-refractivity contribution in [3.05, 3.63) is 22.7 Å². The molecular formula is C16H21ClN2O4. The van der Waals surface area contributed by atoms with Gasteiger partial charge in [0.15, 0.2) is 6.61 Å². The number of benzene rings is 1. The lowest BCUT2D eigenvalue weighted by Crippen LogP contribution is -2.38. The second-order valence-electron chi connectivity index (χ2n) is 5.55. The van der Waals surface area contributed by atoms with Crippen LogP contribution in [0.3, 0.4) is 0 Å². The van der Waals surface area contributed by atoms with E-state index in [1.807, 2.05) is 0 Å². The molecule has 6 nitrogen and oxygen atoms in total. The van der Waals surface area contributed by atoms with Gasteiger partial charge in [-0.2, -0.15) is 0 Å². The van der Waals surface area contributed by atoms with Crippen LogP contribution in [-0.4, -0.2) is 31.6 Å². The van der Waals surface area contributed by atoms with E-state index in [1.165, 1.54) is 25.7 Å². The van der Waals surface area contributed by atoms with Crippen molar-refractivity contribution in [3.8, 4) is 5.75 Å². The van der Waals surface area contributed by atoms with Gasteiger partial charge in [-0.25, -0.2) is 4.79 Å². The van der Waals surface area contributed by atoms with E-state index in [1.54, 1.807) is 0 Å². The summed E-state index contributed by atoms with van der Waals surface area (Å²) in [6.07, 6.45) is 5.39. The van der Waals surface area contributed by atoms with Gasteiger partial charge in [0.1, 0.15) is 11.3 Å². The fourth-order valence-corrected chi connectivity index (χ4v) is 2.79. The van der Waals surface area contributed by atoms with Gasteiger partial charge in [-0.1, -0.05) is 30.9 Å². The molecule has 7 heteroatoms. The molecule has 1 aliphatic carbocycles. The van der Waals surface area contributed by atoms with E-state index in [0.29, 0.717) is 5.69 Å². The molecule has 2 rings (SSSR count). The number of anilines is 1. The lowest BCUT2D eigenvalue weighted by Gasteiger charge is -2.22. The molecule has 0 bridgehead atoms. The molecule has 1 aliphatic rings. The van der Waals surface area contributed by atoms with Crippen molar-refractivity contribution in [2.24, 2.45) is 0 Å². The maximum absolute atomic E-state index is 12.1. The molecule has 0 spiro atoms. The predicted octanol–water partition coefficient (Wildman–Crippen LogP) is 2.54. The SMILES string of the molecule is COc1cc(N)c(Cl)cc1C(=O)OCC(=O)NC1CCCCC1. The van der Waals surface area contributed by atoms with Gasteiger partial charge >= 0.3 is 5.97 Å². The molecule has 1 aromatic carbocycles. The summed E-state index contributed by atoms with van der Waals surface area (Å²) < 4.78 is 10.1. The predicted molar refractivity (Wildman–Crippen MR) is 87.7 cm³/mol. The third-order valence-electron chi connectivity index (χ3n) is 3.84. The van der Waals surface area contributed by atoms with Crippen LogP contribution in [0.4, 0.5) is 5.69 Å². The first kappa shape index (κ1) is 17.4. The Morgan fingerprint density at radius 1 is 1.30 bits per heavy atom. The minimum absolute atomic E-state index is 0.136. The first-order valence-electron chi connectivity index (χ1n) is 7.60. The molecule has 0 radical (unpaired) electrons. The summed E-state index contributed by atoms with van der Waals surface area (Å²) in [5.41, 5.74) is 6.10. The summed E-state index contributed by atoms with van der Waals surface area (Å²) in [6.45, 7) is -0.333. The zero-order valence-corrected chi connectivity index (χ0v) is 13.8. The molecule has 1 amide bonds. The fraction of sp³-hybridized carbons (Fsp3) is 0.500. The second kappa shape index (κ2) is 8.06. The van der Waals surface area contributed by atoms with Crippen molar-refractivity contribution < 1.29 is 19.1 Å². The van der Waals surface area contributed by atoms with E-state index in [2.05, 4.69) is 5.32 Å². The van der Waals surface area contributed by atoms with E-state index in [-0.39, 0.29) is 34.9 Å². The molecule has 0 atom stereocenters. The van der Waals surface area contributed by atoms with Crippen molar-refractivity contribution in [1.29, 1.82) is 0 Å². The molecule has 1 fully saturated rings. The highest BCUT2D eigenvalue weighted by Crippen LogP contribution is 2.29. The summed E-state index contributed by atoms with van der Waals surface area (Å²) >= 11 is 5.91. The Bertz CT molecular complexity index is 586. The second-order valence-corrected chi connectivity index (χ2v) is 5.96. The van der Waals surface area contributed by atoms with Gasteiger partial charge in [-0.3, -0.25) is 4.79 Å². The van der Waals surface area contributed by atoms with Gasteiger partial charge in [0.05, 0.1) is 17.8 Å². The third-order valence-corrected chi connectivity index (χ3v) is 4.17. The third kappa shape index (κ3) is 4.76. The molecule has 0 unspecified atom stereocenters. The number of nitrogen functional groups attached to an aromatic ring is 1. The normalized spacial score (nSPS) is 15.0. The first-order chi connectivity index (χ1) is 11.0. The van der Waals surface area contributed by atoms with Gasteiger partial charge in [-0.15, -0.1) is 0 Å². The summed E-state index contributed by atoms with van der Waals surface area (Å²) in [4.78, 5) is 24.0. The number of esters is 1. The molecule has 1 saturated carbocycles. The van der Waals surface area contributed by atoms with Crippen LogP contribution < -0.4 is 15.8 Å². The van der Waals surface area contributed by atoms with Gasteiger partial charge in [0, 0.05) is 12.1 Å². The average Bonchev–Trinajstić information content (AvgIpc) is 2.55. The lowest BCUT2D eigenvalue weighted by molar-refractivity contribution is -0.125. The fourth-order valence-electron chi connectivity index (χ4n) is 2.62. The standard InChI is InChI=1S/C16H21ClN2O4/c1-22-14-8-13(18)12(17)7-11(14)16(21)23-9-15(20)19-10-5-3-2-4-6-10/h7-8,10H,2-6,9,18H2,1H3,(H,19,20). The number of hydrogen-bond acceptors (Lipinski definition) is 5. The van der Waals surface area contributed by atoms with Crippen molar-refractivity contribution in [1.82, 2.24) is 5.32 Å². The Morgan fingerprint density at radius 3 is 2.65 bits per heavy atom. The maximum atomic E-state index is 12.1. The molecule has 1 aromatic rings. The number of hydrogen-bond donors (Lipinski definition) is 2. The topological polar surface area (TPSA) is 90.7 Å². The van der Waals surface area contributed by atoms with Crippen LogP contribution in [0.25, 0.3) is 0 Å². The smallest absolute Gasteiger partial charge is 0.342 e. The maximum Gasteiger partial charge on any atom is 0.342 e. The van der Waals surface area contributed by atoms with Gasteiger partial charge in [0.2, 0.25) is 0 Å². The average molecular weight is 341 g/mol. The Balaban J connectivity index is 1.91. The molecule has 23 heavy (non-hydrogen) atoms. The summed E-state index contributed by atoms with van der Waals surface area (Å²) in [5, 5.41) is 3.11. The molecule has 0 aliphatic heterocycles. The van der Waals surface area contributed by atoms with Crippen molar-refractivity contribution in [2.75, 3.05) is 19.5 Å². The molecule has 0 saturated heterocycles. The Morgan fingerprint density at radius 2 is 2.00 bits per heavy atom. The highest BCUT2D eigenvalue weighted by atomic mass is 35.5. The van der Waals surface area contributed by atoms with E-state index in [0.717, 1.165) is 25.7 Å². The van der Waals surface area contributed by atoms with E-state index in [4.69, 9.17) is 26.8 Å². The number of amides is 1. The van der Waals surface area contributed by atoms with Crippen LogP contribution in [0.15, 0.2) is 12.1 Å². The molecule has 126 valence electrons. The molecular weight excluding hydrogens is 320 g/mol. The minimum atomic E-state index is -0.678. The number of carbonyl (C=O) groups is 2. The number of ether oxygens (including phenoxy) is 2. The largest absolute Gasteiger partial charge is 0.496 e. The van der Waals surface area contributed by atoms with E-state index in [9.17, 15) is 9.59 Å². The highest BCUT2D eigenvalue weighted by molar-refractivity contribution is 6.33. The summed E-state index contributed by atoms with van der Waals surface area (Å²) in [7, 11) is 1.41. The summed E-state index contributed by atoms with van der Waals surface area (Å²) in [6, 6.07) is 2.99. The van der Waals surface area contributed by atoms with Gasteiger partial charge in [0.25, 0.3) is 5.91 Å². The van der Waals surface area contributed by atoms with Gasteiger partial charge < -0.3 is 20.5 Å². The van der Waals surface area contributed by atoms with Crippen LogP contribution in [0.5, 0.6) is 5.75 Å². The Kier molecular flexibility index (Phi) is 6.10.